The molecule has 2 rings (SSSR count). The van der Waals surface area contributed by atoms with Gasteiger partial charge in [0.1, 0.15) is 5.78 Å². The average molecular weight is 339 g/mol. The van der Waals surface area contributed by atoms with E-state index in [1.807, 2.05) is 39.5 Å². The van der Waals surface area contributed by atoms with Gasteiger partial charge in [-0.1, -0.05) is 0 Å². The highest BCUT2D eigenvalue weighted by Gasteiger charge is 2.17. The van der Waals surface area contributed by atoms with Gasteiger partial charge in [-0.2, -0.15) is 10.2 Å². The van der Waals surface area contributed by atoms with Crippen LogP contribution in [-0.2, 0) is 31.7 Å². The van der Waals surface area contributed by atoms with Crippen LogP contribution in [0.3, 0.4) is 0 Å². The maximum absolute atomic E-state index is 12.3. The number of hydrogen-bond acceptors (Lipinski definition) is 3. The van der Waals surface area contributed by atoms with Gasteiger partial charge in [-0.15, -0.1) is 0 Å². The molecule has 0 atom stereocenters. The summed E-state index contributed by atoms with van der Waals surface area (Å²) in [6, 6.07) is 0. The monoisotopic (exact) mass is 338 g/mol. The summed E-state index contributed by atoms with van der Waals surface area (Å²) in [5.74, 6) is 0.174. The van der Waals surface area contributed by atoms with Gasteiger partial charge in [0.25, 0.3) is 0 Å². The van der Waals surface area contributed by atoms with Crippen LogP contribution >= 0.6 is 15.9 Å². The third kappa shape index (κ3) is 2.70. The van der Waals surface area contributed by atoms with E-state index in [1.165, 1.54) is 0 Å². The van der Waals surface area contributed by atoms with Gasteiger partial charge in [0.2, 0.25) is 0 Å². The van der Waals surface area contributed by atoms with Crippen molar-refractivity contribution in [3.8, 4) is 0 Å². The van der Waals surface area contributed by atoms with Gasteiger partial charge in [0, 0.05) is 38.2 Å². The van der Waals surface area contributed by atoms with Gasteiger partial charge >= 0.3 is 0 Å². The summed E-state index contributed by atoms with van der Waals surface area (Å²) in [6.07, 6.45) is 0.799. The molecule has 0 fully saturated rings. The van der Waals surface area contributed by atoms with Crippen LogP contribution in [0, 0.1) is 20.8 Å². The van der Waals surface area contributed by atoms with Crippen LogP contribution in [0.5, 0.6) is 0 Å². The van der Waals surface area contributed by atoms with E-state index in [1.54, 1.807) is 4.68 Å². The van der Waals surface area contributed by atoms with Crippen molar-refractivity contribution < 1.29 is 4.79 Å². The first-order valence-corrected chi connectivity index (χ1v) is 7.29. The zero-order chi connectivity index (χ0) is 15.0. The van der Waals surface area contributed by atoms with Crippen molar-refractivity contribution in [2.75, 3.05) is 0 Å². The van der Waals surface area contributed by atoms with Crippen LogP contribution in [0.4, 0.5) is 0 Å². The fraction of sp³-hybridized carbons (Fsp3) is 0.500. The summed E-state index contributed by atoms with van der Waals surface area (Å²) in [7, 11) is 3.76. The quantitative estimate of drug-likeness (QED) is 0.858. The summed E-state index contributed by atoms with van der Waals surface area (Å²) in [5, 5.41) is 8.66. The number of aromatic nitrogens is 4. The highest BCUT2D eigenvalue weighted by molar-refractivity contribution is 9.10. The molecule has 2 aromatic rings. The van der Waals surface area contributed by atoms with E-state index >= 15 is 0 Å². The minimum Gasteiger partial charge on any atom is -0.299 e. The number of aryl methyl sites for hydroxylation is 4. The third-order valence-corrected chi connectivity index (χ3v) is 4.69. The Morgan fingerprint density at radius 3 is 2.10 bits per heavy atom. The first-order valence-electron chi connectivity index (χ1n) is 6.50. The number of nitrogens with zero attached hydrogens (tertiary/aromatic N) is 4. The van der Waals surface area contributed by atoms with Gasteiger partial charge in [0.15, 0.2) is 0 Å². The summed E-state index contributed by atoms with van der Waals surface area (Å²) in [6.45, 7) is 5.86. The maximum Gasteiger partial charge on any atom is 0.143 e. The minimum atomic E-state index is 0.174. The Kier molecular flexibility index (Phi) is 4.13. The Labute approximate surface area is 127 Å². The van der Waals surface area contributed by atoms with Gasteiger partial charge in [-0.25, -0.2) is 0 Å². The molecule has 0 aliphatic rings. The van der Waals surface area contributed by atoms with E-state index < -0.39 is 0 Å². The Morgan fingerprint density at radius 2 is 1.65 bits per heavy atom. The second-order valence-electron chi connectivity index (χ2n) is 5.13. The molecule has 0 amide bonds. The molecule has 108 valence electrons. The van der Waals surface area contributed by atoms with Crippen LogP contribution in [0.2, 0.25) is 0 Å². The van der Waals surface area contributed by atoms with Crippen molar-refractivity contribution in [1.29, 1.82) is 0 Å². The van der Waals surface area contributed by atoms with Crippen molar-refractivity contribution in [2.24, 2.45) is 14.1 Å². The number of halogens is 1. The molecule has 6 heteroatoms. The Balaban J connectivity index is 2.17. The zero-order valence-electron chi connectivity index (χ0n) is 12.5. The van der Waals surface area contributed by atoms with Gasteiger partial charge in [0.05, 0.1) is 21.6 Å². The lowest BCUT2D eigenvalue weighted by Crippen LogP contribution is -2.11. The van der Waals surface area contributed by atoms with Crippen molar-refractivity contribution in [2.45, 2.75) is 33.6 Å². The molecule has 0 aliphatic heterocycles. The first-order chi connectivity index (χ1) is 9.31. The number of Topliss-reactive ketones (excluding diaryl/α,β-unsaturated/α-hetero) is 1. The molecular weight excluding hydrogens is 320 g/mol. The maximum atomic E-state index is 12.3. The summed E-state index contributed by atoms with van der Waals surface area (Å²) < 4.78 is 4.51. The number of ketones is 1. The first kappa shape index (κ1) is 15.0. The van der Waals surface area contributed by atoms with E-state index in [0.29, 0.717) is 12.8 Å². The van der Waals surface area contributed by atoms with Crippen LogP contribution in [0.25, 0.3) is 0 Å². The van der Waals surface area contributed by atoms with Gasteiger partial charge < -0.3 is 0 Å². The average Bonchev–Trinajstić information content (AvgIpc) is 2.74. The van der Waals surface area contributed by atoms with Crippen molar-refractivity contribution in [3.05, 3.63) is 32.8 Å². The molecule has 0 bridgehead atoms. The number of hydrogen-bond donors (Lipinski definition) is 0. The molecule has 0 radical (unpaired) electrons. The van der Waals surface area contributed by atoms with Crippen LogP contribution in [0.15, 0.2) is 4.47 Å². The lowest BCUT2D eigenvalue weighted by Gasteiger charge is -2.04. The molecule has 2 aromatic heterocycles. The van der Waals surface area contributed by atoms with Crippen LogP contribution in [-0.4, -0.2) is 25.3 Å². The lowest BCUT2D eigenvalue weighted by molar-refractivity contribution is -0.117. The Morgan fingerprint density at radius 1 is 1.05 bits per heavy atom. The molecule has 0 N–H and O–H groups in total. The normalized spacial score (nSPS) is 11.1. The van der Waals surface area contributed by atoms with Crippen molar-refractivity contribution in [3.63, 3.8) is 0 Å². The third-order valence-electron chi connectivity index (χ3n) is 3.66. The van der Waals surface area contributed by atoms with Crippen LogP contribution < -0.4 is 0 Å². The van der Waals surface area contributed by atoms with E-state index in [9.17, 15) is 4.79 Å². The Hall–Kier alpha value is -1.43. The number of carbonyl (C=O) groups is 1. The summed E-state index contributed by atoms with van der Waals surface area (Å²) in [4.78, 5) is 12.3. The SMILES string of the molecule is Cc1nn(C)c(CC(=O)Cc2c(C)nn(C)c2C)c1Br. The molecule has 0 spiro atoms. The molecule has 0 aromatic carbocycles. The molecule has 0 saturated heterocycles. The van der Waals surface area contributed by atoms with Gasteiger partial charge in [-0.3, -0.25) is 14.2 Å². The molecule has 20 heavy (non-hydrogen) atoms. The molecule has 2 heterocycles. The topological polar surface area (TPSA) is 52.7 Å². The van der Waals surface area contributed by atoms with E-state index in [4.69, 9.17) is 0 Å². The highest BCUT2D eigenvalue weighted by atomic mass is 79.9. The van der Waals surface area contributed by atoms with Crippen molar-refractivity contribution in [1.82, 2.24) is 19.6 Å². The minimum absolute atomic E-state index is 0.174. The Bertz CT molecular complexity index is 613. The van der Waals surface area contributed by atoms with E-state index in [-0.39, 0.29) is 5.78 Å². The number of rotatable bonds is 4. The van der Waals surface area contributed by atoms with Crippen molar-refractivity contribution >= 4 is 21.7 Å². The molecular formula is C14H19BrN4O. The largest absolute Gasteiger partial charge is 0.299 e. The molecule has 0 unspecified atom stereocenters. The standard InChI is InChI=1S/C14H19BrN4O/c1-8-12(10(3)18(4)16-8)6-11(20)7-13-14(15)9(2)17-19(13)5/h6-7H2,1-5H3. The predicted molar refractivity (Wildman–Crippen MR) is 80.7 cm³/mol. The van der Waals surface area contributed by atoms with E-state index in [0.717, 1.165) is 32.8 Å². The molecule has 0 aliphatic carbocycles. The lowest BCUT2D eigenvalue weighted by atomic mass is 10.0. The fourth-order valence-electron chi connectivity index (χ4n) is 2.39. The van der Waals surface area contributed by atoms with E-state index in [2.05, 4.69) is 26.1 Å². The molecule has 0 saturated carbocycles. The van der Waals surface area contributed by atoms with Gasteiger partial charge in [-0.05, 0) is 36.7 Å². The predicted octanol–water partition coefficient (Wildman–Crippen LogP) is 2.20. The van der Waals surface area contributed by atoms with Crippen LogP contribution in [0.1, 0.15) is 28.3 Å². The smallest absolute Gasteiger partial charge is 0.143 e. The summed E-state index contributed by atoms with van der Waals surface area (Å²) >= 11 is 3.50. The second-order valence-corrected chi connectivity index (χ2v) is 5.93. The zero-order valence-corrected chi connectivity index (χ0v) is 14.1. The fourth-order valence-corrected chi connectivity index (χ4v) is 2.87. The summed E-state index contributed by atoms with van der Waals surface area (Å²) in [5.41, 5.74) is 4.85. The second kappa shape index (κ2) is 5.52. The highest BCUT2D eigenvalue weighted by Crippen LogP contribution is 2.22. The number of carbonyl (C=O) groups excluding carboxylic acids is 1. The molecule has 5 nitrogen and oxygen atoms in total.